The molecule has 0 bridgehead atoms. The minimum Gasteiger partial charge on any atom is -0.488 e. The molecule has 20 heavy (non-hydrogen) atoms. The average Bonchev–Trinajstić information content (AvgIpc) is 2.92. The second-order valence-electron chi connectivity index (χ2n) is 4.34. The lowest BCUT2D eigenvalue weighted by Crippen LogP contribution is -1.92. The van der Waals surface area contributed by atoms with E-state index in [2.05, 4.69) is 29.2 Å². The van der Waals surface area contributed by atoms with Gasteiger partial charge in [0.05, 0.1) is 4.88 Å². The maximum absolute atomic E-state index is 5.71. The first-order valence-corrected chi connectivity index (χ1v) is 7.11. The summed E-state index contributed by atoms with van der Waals surface area (Å²) in [5, 5.41) is 0.572. The highest BCUT2D eigenvalue weighted by molar-refractivity contribution is 7.15. The minimum atomic E-state index is 0.500. The molecule has 0 aliphatic rings. The first kappa shape index (κ1) is 12.7. The number of nitrogens with zero attached hydrogens (tertiary/aromatic N) is 1. The quantitative estimate of drug-likeness (QED) is 0.787. The average molecular weight is 282 g/mol. The standard InChI is InChI=1S/C16H14N2OS/c17-16-18-10-15(20-16)11-19-14-8-6-13(7-9-14)12-4-2-1-3-5-12/h1-10H,11H2,(H2,17,18). The van der Waals surface area contributed by atoms with Gasteiger partial charge in [0, 0.05) is 6.20 Å². The Balaban J connectivity index is 1.67. The molecular weight excluding hydrogens is 268 g/mol. The van der Waals surface area contributed by atoms with Crippen LogP contribution in [0.5, 0.6) is 5.75 Å². The molecule has 0 spiro atoms. The Kier molecular flexibility index (Phi) is 3.65. The lowest BCUT2D eigenvalue weighted by molar-refractivity contribution is 0.309. The highest BCUT2D eigenvalue weighted by Gasteiger charge is 2.01. The van der Waals surface area contributed by atoms with E-state index in [9.17, 15) is 0 Å². The molecule has 2 aromatic carbocycles. The second kappa shape index (κ2) is 5.75. The Morgan fingerprint density at radius 3 is 2.30 bits per heavy atom. The minimum absolute atomic E-state index is 0.500. The van der Waals surface area contributed by atoms with Crippen molar-refractivity contribution in [2.24, 2.45) is 0 Å². The molecule has 3 nitrogen and oxygen atoms in total. The highest BCUT2D eigenvalue weighted by Crippen LogP contribution is 2.23. The molecule has 1 heterocycles. The first-order chi connectivity index (χ1) is 9.81. The van der Waals surface area contributed by atoms with Crippen LogP contribution in [0.1, 0.15) is 4.88 Å². The van der Waals surface area contributed by atoms with E-state index in [1.54, 1.807) is 6.20 Å². The van der Waals surface area contributed by atoms with E-state index in [4.69, 9.17) is 10.5 Å². The fourth-order valence-corrected chi connectivity index (χ4v) is 2.52. The monoisotopic (exact) mass is 282 g/mol. The van der Waals surface area contributed by atoms with Gasteiger partial charge in [0.15, 0.2) is 5.13 Å². The second-order valence-corrected chi connectivity index (χ2v) is 5.49. The third-order valence-electron chi connectivity index (χ3n) is 2.91. The zero-order valence-electron chi connectivity index (χ0n) is 10.8. The summed E-state index contributed by atoms with van der Waals surface area (Å²) in [7, 11) is 0. The molecule has 4 heteroatoms. The summed E-state index contributed by atoms with van der Waals surface area (Å²) in [6.45, 7) is 0.500. The van der Waals surface area contributed by atoms with Gasteiger partial charge in [0.2, 0.25) is 0 Å². The highest BCUT2D eigenvalue weighted by atomic mass is 32.1. The van der Waals surface area contributed by atoms with Crippen LogP contribution in [-0.4, -0.2) is 4.98 Å². The van der Waals surface area contributed by atoms with Crippen LogP contribution in [0.25, 0.3) is 11.1 Å². The van der Waals surface area contributed by atoms with Gasteiger partial charge in [-0.25, -0.2) is 4.98 Å². The van der Waals surface area contributed by atoms with Crippen molar-refractivity contribution in [1.29, 1.82) is 0 Å². The van der Waals surface area contributed by atoms with Crippen molar-refractivity contribution < 1.29 is 4.74 Å². The van der Waals surface area contributed by atoms with Gasteiger partial charge >= 0.3 is 0 Å². The molecule has 0 saturated heterocycles. The van der Waals surface area contributed by atoms with Gasteiger partial charge in [-0.1, -0.05) is 53.8 Å². The zero-order valence-corrected chi connectivity index (χ0v) is 11.6. The van der Waals surface area contributed by atoms with Crippen LogP contribution in [0.2, 0.25) is 0 Å². The predicted molar refractivity (Wildman–Crippen MR) is 82.7 cm³/mol. The lowest BCUT2D eigenvalue weighted by Gasteiger charge is -2.06. The molecule has 0 aliphatic carbocycles. The van der Waals surface area contributed by atoms with Crippen LogP contribution in [0.4, 0.5) is 5.13 Å². The summed E-state index contributed by atoms with van der Waals surface area (Å²) in [5.74, 6) is 0.844. The van der Waals surface area contributed by atoms with E-state index in [0.29, 0.717) is 11.7 Å². The molecule has 2 N–H and O–H groups in total. The number of thiazole rings is 1. The Hall–Kier alpha value is -2.33. The predicted octanol–water partition coefficient (Wildman–Crippen LogP) is 3.97. The summed E-state index contributed by atoms with van der Waals surface area (Å²) in [4.78, 5) is 5.02. The van der Waals surface area contributed by atoms with Gasteiger partial charge in [-0.05, 0) is 23.3 Å². The summed E-state index contributed by atoms with van der Waals surface area (Å²) < 4.78 is 5.71. The van der Waals surface area contributed by atoms with Gasteiger partial charge in [-0.15, -0.1) is 0 Å². The normalized spacial score (nSPS) is 10.4. The van der Waals surface area contributed by atoms with Gasteiger partial charge < -0.3 is 10.5 Å². The number of hydrogen-bond donors (Lipinski definition) is 1. The van der Waals surface area contributed by atoms with E-state index in [1.807, 2.05) is 30.3 Å². The van der Waals surface area contributed by atoms with Gasteiger partial charge in [0.1, 0.15) is 12.4 Å². The number of hydrogen-bond acceptors (Lipinski definition) is 4. The number of ether oxygens (including phenoxy) is 1. The van der Waals surface area contributed by atoms with E-state index in [-0.39, 0.29) is 0 Å². The molecule has 0 aliphatic heterocycles. The molecule has 0 fully saturated rings. The van der Waals surface area contributed by atoms with Crippen molar-refractivity contribution in [2.75, 3.05) is 5.73 Å². The van der Waals surface area contributed by atoms with Crippen LogP contribution in [0.3, 0.4) is 0 Å². The van der Waals surface area contributed by atoms with Gasteiger partial charge in [0.25, 0.3) is 0 Å². The van der Waals surface area contributed by atoms with Crippen molar-refractivity contribution in [3.05, 3.63) is 65.7 Å². The molecule has 1 aromatic heterocycles. The molecule has 0 amide bonds. The summed E-state index contributed by atoms with van der Waals surface area (Å²) in [6.07, 6.45) is 1.75. The first-order valence-electron chi connectivity index (χ1n) is 6.30. The number of aromatic nitrogens is 1. The number of rotatable bonds is 4. The maximum Gasteiger partial charge on any atom is 0.180 e. The van der Waals surface area contributed by atoms with Gasteiger partial charge in [-0.2, -0.15) is 0 Å². The van der Waals surface area contributed by atoms with Crippen molar-refractivity contribution in [3.63, 3.8) is 0 Å². The summed E-state index contributed by atoms with van der Waals surface area (Å²) >= 11 is 1.45. The van der Waals surface area contributed by atoms with Crippen molar-refractivity contribution in [1.82, 2.24) is 4.98 Å². The molecule has 0 radical (unpaired) electrons. The largest absolute Gasteiger partial charge is 0.488 e. The Labute approximate surface area is 121 Å². The molecular formula is C16H14N2OS. The number of anilines is 1. The zero-order chi connectivity index (χ0) is 13.8. The Morgan fingerprint density at radius 2 is 1.65 bits per heavy atom. The SMILES string of the molecule is Nc1ncc(COc2ccc(-c3ccccc3)cc2)s1. The summed E-state index contributed by atoms with van der Waals surface area (Å²) in [6, 6.07) is 18.4. The van der Waals surface area contributed by atoms with E-state index >= 15 is 0 Å². The molecule has 0 unspecified atom stereocenters. The Bertz CT molecular complexity index is 677. The number of nitrogens with two attached hydrogens (primary N) is 1. The molecule has 0 atom stereocenters. The lowest BCUT2D eigenvalue weighted by atomic mass is 10.1. The molecule has 100 valence electrons. The number of nitrogen functional groups attached to an aromatic ring is 1. The summed E-state index contributed by atoms with van der Waals surface area (Å²) in [5.41, 5.74) is 7.97. The van der Waals surface area contributed by atoms with E-state index in [0.717, 1.165) is 10.6 Å². The fraction of sp³-hybridized carbons (Fsp3) is 0.0625. The third kappa shape index (κ3) is 2.97. The molecule has 3 aromatic rings. The third-order valence-corrected chi connectivity index (χ3v) is 3.71. The van der Waals surface area contributed by atoms with Crippen LogP contribution in [-0.2, 0) is 6.61 Å². The smallest absolute Gasteiger partial charge is 0.180 e. The number of benzene rings is 2. The van der Waals surface area contributed by atoms with Crippen molar-refractivity contribution in [2.45, 2.75) is 6.61 Å². The Morgan fingerprint density at radius 1 is 0.950 bits per heavy atom. The van der Waals surface area contributed by atoms with Crippen LogP contribution < -0.4 is 10.5 Å². The van der Waals surface area contributed by atoms with Crippen molar-refractivity contribution in [3.8, 4) is 16.9 Å². The van der Waals surface area contributed by atoms with Crippen LogP contribution in [0.15, 0.2) is 60.8 Å². The molecule has 3 rings (SSSR count). The van der Waals surface area contributed by atoms with Crippen molar-refractivity contribution >= 4 is 16.5 Å². The topological polar surface area (TPSA) is 48.1 Å². The fourth-order valence-electron chi connectivity index (χ4n) is 1.92. The van der Waals surface area contributed by atoms with E-state index in [1.165, 1.54) is 22.5 Å². The van der Waals surface area contributed by atoms with E-state index < -0.39 is 0 Å². The maximum atomic E-state index is 5.71. The van der Waals surface area contributed by atoms with Gasteiger partial charge in [-0.3, -0.25) is 0 Å². The molecule has 0 saturated carbocycles. The van der Waals surface area contributed by atoms with Crippen LogP contribution in [0, 0.1) is 0 Å². The van der Waals surface area contributed by atoms with Crippen LogP contribution >= 0.6 is 11.3 Å².